The number of aryl methyl sites for hydroxylation is 3. The first-order valence-corrected chi connectivity index (χ1v) is 26.9. The molecule has 0 unspecified atom stereocenters. The summed E-state index contributed by atoms with van der Waals surface area (Å²) in [4.78, 5) is 0. The van der Waals surface area contributed by atoms with Crippen LogP contribution in [0.2, 0.25) is 0 Å². The van der Waals surface area contributed by atoms with E-state index in [1.54, 1.807) is 0 Å². The Morgan fingerprint density at radius 3 is 0.743 bits per heavy atom. The molecule has 0 aromatic heterocycles. The van der Waals surface area contributed by atoms with Crippen molar-refractivity contribution in [3.63, 3.8) is 0 Å². The molecular weight excluding hydrogens is 1010 g/mol. The third kappa shape index (κ3) is 9.69. The minimum Gasteiger partial charge on any atom is -1.00 e. The van der Waals surface area contributed by atoms with Crippen molar-refractivity contribution in [1.82, 2.24) is 0 Å². The van der Waals surface area contributed by atoms with Crippen molar-refractivity contribution in [2.45, 2.75) is 69.2 Å². The van der Waals surface area contributed by atoms with Crippen molar-refractivity contribution < 1.29 is 58.9 Å². The maximum absolute atomic E-state index is 3.93. The summed E-state index contributed by atoms with van der Waals surface area (Å²) in [6.07, 6.45) is 0. The molecule has 0 aliphatic carbocycles. The van der Waals surface area contributed by atoms with Gasteiger partial charge < -0.3 is 37.2 Å². The molecule has 0 atom stereocenters. The van der Waals surface area contributed by atoms with Crippen LogP contribution in [0.3, 0.4) is 0 Å². The van der Waals surface area contributed by atoms with Gasteiger partial charge in [0.2, 0.25) is 0 Å². The summed E-state index contributed by atoms with van der Waals surface area (Å²) in [5.74, 6) is 0. The molecule has 0 fully saturated rings. The average Bonchev–Trinajstić information content (AvgIpc) is 3.59. The van der Waals surface area contributed by atoms with Crippen LogP contribution in [-0.4, -0.2) is 8.07 Å². The Hall–Kier alpha value is -5.87. The van der Waals surface area contributed by atoms with Crippen LogP contribution in [0.1, 0.15) is 55.6 Å². The monoisotopic (exact) mass is 1070 g/mol. The van der Waals surface area contributed by atoms with Crippen molar-refractivity contribution in [2.24, 2.45) is 0 Å². The smallest absolute Gasteiger partial charge is 1.00 e. The number of hydrogen-bond acceptors (Lipinski definition) is 0. The summed E-state index contributed by atoms with van der Waals surface area (Å²) in [6.45, 7) is 23.8. The van der Waals surface area contributed by atoms with Crippen LogP contribution in [0.5, 0.6) is 0 Å². The van der Waals surface area contributed by atoms with E-state index in [0.29, 0.717) is 0 Å². The summed E-state index contributed by atoms with van der Waals surface area (Å²) in [6, 6.07) is 75.8. The molecule has 0 radical (unpaired) electrons. The Morgan fingerprint density at radius 1 is 0.297 bits per heavy atom. The minimum atomic E-state index is -3.93. The fourth-order valence-electron chi connectivity index (χ4n) is 11.9. The van der Waals surface area contributed by atoms with Gasteiger partial charge in [0.15, 0.2) is 8.07 Å². The van der Waals surface area contributed by atoms with Crippen molar-refractivity contribution >= 4 is 28.8 Å². The van der Waals surface area contributed by atoms with Gasteiger partial charge in [0.1, 0.15) is 0 Å². The molecule has 74 heavy (non-hydrogen) atoms. The maximum Gasteiger partial charge on any atom is 4.00 e. The molecule has 368 valence electrons. The molecule has 0 heterocycles. The van der Waals surface area contributed by atoms with E-state index in [0.717, 1.165) is 0 Å². The molecule has 0 aliphatic rings. The van der Waals surface area contributed by atoms with Gasteiger partial charge >= 0.3 is 21.7 Å². The second-order valence-electron chi connectivity index (χ2n) is 19.7. The third-order valence-corrected chi connectivity index (χ3v) is 21.2. The van der Waals surface area contributed by atoms with Gasteiger partial charge in [-0.05, 0) is 157 Å². The minimum absolute atomic E-state index is 0. The van der Waals surface area contributed by atoms with Gasteiger partial charge in [-0.1, -0.05) is 228 Å². The Morgan fingerprint density at radius 2 is 0.527 bits per heavy atom. The fraction of sp³-hybridized carbons (Fsp3) is 0.145. The van der Waals surface area contributed by atoms with Crippen LogP contribution in [0.4, 0.5) is 0 Å². The summed E-state index contributed by atoms with van der Waals surface area (Å²) in [7, 11) is -3.93. The Kier molecular flexibility index (Phi) is 18.4. The molecule has 0 amide bonds. The summed E-state index contributed by atoms with van der Waals surface area (Å²) >= 11 is 0. The molecule has 0 nitrogen and oxygen atoms in total. The molecule has 0 saturated heterocycles. The molecule has 10 aromatic rings. The van der Waals surface area contributed by atoms with Gasteiger partial charge in [0, 0.05) is 0 Å². The van der Waals surface area contributed by atoms with E-state index in [4.69, 9.17) is 0 Å². The van der Waals surface area contributed by atoms with Gasteiger partial charge in [-0.15, -0.1) is 0 Å². The molecule has 5 heteroatoms. The topological polar surface area (TPSA) is 0 Å². The number of rotatable bonds is 10. The van der Waals surface area contributed by atoms with E-state index >= 15 is 0 Å². The van der Waals surface area contributed by atoms with Crippen LogP contribution < -0.4 is 58.0 Å². The van der Waals surface area contributed by atoms with Crippen molar-refractivity contribution in [3.8, 4) is 66.8 Å². The standard InChI is InChI=1S/C69H63Si.3ClH.Ti/c1-44-41-60(54-29-17-11-18-30-54)67(63(47(44)4)57-35-23-14-24-36-57)70(66-52(9)50(7)51(8)53(66)10,68-61(55-31-19-12-20-32-55)42-45(2)48(5)64(68)58-37-25-15-26-38-58)69-62(56-33-21-13-22-34-56)43-46(3)49(6)65(69)59-39-27-16-28-40-59;;;;/h11-43H,1-10H3;3*1H;/q-1;;;;+4/p-3. The van der Waals surface area contributed by atoms with Crippen LogP contribution in [0.15, 0.2) is 200 Å². The molecular formula is C69H63Cl3SiTi. The third-order valence-electron chi connectivity index (χ3n) is 15.9. The normalized spacial score (nSPS) is 10.9. The van der Waals surface area contributed by atoms with Crippen LogP contribution >= 0.6 is 0 Å². The van der Waals surface area contributed by atoms with Crippen molar-refractivity contribution in [1.29, 1.82) is 0 Å². The predicted molar refractivity (Wildman–Crippen MR) is 306 cm³/mol. The van der Waals surface area contributed by atoms with E-state index in [1.165, 1.54) is 143 Å². The number of halogens is 3. The molecule has 0 saturated carbocycles. The molecule has 10 aromatic carbocycles. The second kappa shape index (κ2) is 23.8. The van der Waals surface area contributed by atoms with Crippen molar-refractivity contribution in [3.05, 3.63) is 256 Å². The molecule has 0 spiro atoms. The number of benzene rings is 9. The molecule has 10 rings (SSSR count). The van der Waals surface area contributed by atoms with Gasteiger partial charge in [-0.2, -0.15) is 27.4 Å². The van der Waals surface area contributed by atoms with Gasteiger partial charge in [-0.3, -0.25) is 0 Å². The zero-order valence-electron chi connectivity index (χ0n) is 44.2. The predicted octanol–water partition coefficient (Wildman–Crippen LogP) is 6.88. The summed E-state index contributed by atoms with van der Waals surface area (Å²) in [5, 5.41) is 5.77. The Labute approximate surface area is 475 Å². The SMILES string of the molecule is Cc1cc(-c2ccccc2)c([Si](c2c(-c3ccccc3)cc(C)c(C)c2-c2ccccc2)(c2c(-c3ccccc3)cc(C)c(C)c2-c2ccccc2)c2c(C)c(C)c(C)[c-]2C)c(-c2ccccc2)c1C.[Cl-].[Cl-].[Cl-].[Ti+4]. The average molecular weight is 1070 g/mol. The van der Waals surface area contributed by atoms with Gasteiger partial charge in [0.05, 0.1) is 0 Å². The van der Waals surface area contributed by atoms with E-state index < -0.39 is 8.07 Å². The first kappa shape index (κ1) is 57.4. The zero-order valence-corrected chi connectivity index (χ0v) is 49.0. The number of hydrogen-bond donors (Lipinski definition) is 0. The zero-order chi connectivity index (χ0) is 48.8. The van der Waals surface area contributed by atoms with Crippen LogP contribution in [0, 0.1) is 69.2 Å². The fourth-order valence-corrected chi connectivity index (χ4v) is 18.9. The molecule has 0 N–H and O–H groups in total. The quantitative estimate of drug-likeness (QED) is 0.0798. The van der Waals surface area contributed by atoms with E-state index in [-0.39, 0.29) is 58.9 Å². The first-order chi connectivity index (χ1) is 33.9. The van der Waals surface area contributed by atoms with Crippen molar-refractivity contribution in [2.75, 3.05) is 0 Å². The van der Waals surface area contributed by atoms with Crippen LogP contribution in [0.25, 0.3) is 66.8 Å². The molecule has 0 bridgehead atoms. The first-order valence-electron chi connectivity index (χ1n) is 24.9. The van der Waals surface area contributed by atoms with E-state index in [2.05, 4.69) is 269 Å². The van der Waals surface area contributed by atoms with E-state index in [1.807, 2.05) is 0 Å². The van der Waals surface area contributed by atoms with Gasteiger partial charge in [-0.25, -0.2) is 0 Å². The van der Waals surface area contributed by atoms with E-state index in [9.17, 15) is 0 Å². The van der Waals surface area contributed by atoms with Gasteiger partial charge in [0.25, 0.3) is 0 Å². The molecule has 0 aliphatic heterocycles. The Bertz CT molecular complexity index is 3190. The second-order valence-corrected chi connectivity index (χ2v) is 23.2. The maximum atomic E-state index is 2.55. The summed E-state index contributed by atoms with van der Waals surface area (Å²) in [5.41, 5.74) is 28.5. The largest absolute Gasteiger partial charge is 4.00 e. The Balaban J connectivity index is 0.00000223. The summed E-state index contributed by atoms with van der Waals surface area (Å²) < 4.78 is 0. The van der Waals surface area contributed by atoms with Crippen LogP contribution in [-0.2, 0) is 21.7 Å².